The van der Waals surface area contributed by atoms with Crippen molar-refractivity contribution in [1.82, 2.24) is 0 Å². The van der Waals surface area contributed by atoms with Gasteiger partial charge in [-0.3, -0.25) is 4.79 Å². The summed E-state index contributed by atoms with van der Waals surface area (Å²) in [4.78, 5) is 23.9. The number of carbonyl (C=O) groups excluding carboxylic acids is 2. The fraction of sp³-hybridized carbons (Fsp3) is 0.733. The molecule has 1 radical (unpaired) electrons. The predicted molar refractivity (Wildman–Crippen MR) is 69.0 cm³/mol. The Morgan fingerprint density at radius 3 is 2.77 bits per heavy atom. The van der Waals surface area contributed by atoms with Crippen LogP contribution in [0, 0.1) is 55.9 Å². The quantitative estimate of drug-likeness (QED) is 0.366. The van der Waals surface area contributed by atoms with Crippen molar-refractivity contribution in [3.63, 3.8) is 0 Å². The van der Waals surface area contributed by atoms with E-state index in [4.69, 9.17) is 14.2 Å². The molecular weight excluding hydrogens is 503 g/mol. The summed E-state index contributed by atoms with van der Waals surface area (Å²) >= 11 is 0. The minimum Gasteiger partial charge on any atom is -0.462 e. The molecule has 3 heterocycles. The van der Waals surface area contributed by atoms with Gasteiger partial charge in [0, 0.05) is 62.8 Å². The third-order valence-corrected chi connectivity index (χ3v) is 5.29. The van der Waals surface area contributed by atoms with E-state index in [2.05, 4.69) is 0 Å². The van der Waals surface area contributed by atoms with Gasteiger partial charge in [-0.05, 0) is 13.0 Å². The maximum Gasteiger partial charge on any atom is 0.337 e. The van der Waals surface area contributed by atoms with Crippen LogP contribution in [0.5, 0.6) is 0 Å². The summed E-state index contributed by atoms with van der Waals surface area (Å²) in [5.74, 6) is -1.31. The number of esters is 2. The van der Waals surface area contributed by atoms with Crippen molar-refractivity contribution in [1.29, 1.82) is 0 Å². The van der Waals surface area contributed by atoms with Crippen molar-refractivity contribution in [2.24, 2.45) is 11.8 Å². The Kier molecular flexibility index (Phi) is 4.26. The molecule has 7 heteroatoms. The molecule has 4 aliphatic rings. The second kappa shape index (κ2) is 5.54. The van der Waals surface area contributed by atoms with E-state index in [1.807, 2.05) is 6.92 Å². The number of rotatable bonds is 0. The number of hydrogen-bond acceptors (Lipinski definition) is 6. The van der Waals surface area contributed by atoms with Gasteiger partial charge in [-0.2, -0.15) is 0 Å². The molecule has 22 heavy (non-hydrogen) atoms. The molecule has 2 bridgehead atoms. The van der Waals surface area contributed by atoms with E-state index in [1.165, 1.54) is 0 Å². The third kappa shape index (κ3) is 2.49. The standard InChI is InChI=1S/C15H18O6.Ac/c1-6-12-9-3-7(14(18)19-9)8(16)4-11-15(2,21-11)5-10(12)20-13(6)17;/h3,6,8-12,16H,4-5H2,1-2H3;/t6-,8?,9?,10?,11?,12?,15+;/m1./s1. The van der Waals surface area contributed by atoms with Gasteiger partial charge in [0.25, 0.3) is 0 Å². The molecule has 4 rings (SSSR count). The SMILES string of the molecule is C[C@H]1C(=O)OC2C[C@]3(C)OC3CC(O)C3=CC(OC3=O)C21.[Ac]. The van der Waals surface area contributed by atoms with Crippen LogP contribution in [0.2, 0.25) is 0 Å². The largest absolute Gasteiger partial charge is 0.462 e. The predicted octanol–water partition coefficient (Wildman–Crippen LogP) is 0.328. The molecule has 0 aromatic carbocycles. The summed E-state index contributed by atoms with van der Waals surface area (Å²) in [5.41, 5.74) is -0.112. The average molecular weight is 521 g/mol. The molecule has 117 valence electrons. The van der Waals surface area contributed by atoms with Crippen LogP contribution in [0.1, 0.15) is 26.7 Å². The second-order valence-corrected chi connectivity index (χ2v) is 6.71. The van der Waals surface area contributed by atoms with Crippen LogP contribution in [-0.4, -0.2) is 47.1 Å². The summed E-state index contributed by atoms with van der Waals surface area (Å²) in [6.45, 7) is 3.75. The molecule has 0 aromatic heterocycles. The fourth-order valence-electron chi connectivity index (χ4n) is 3.89. The molecule has 7 atom stereocenters. The van der Waals surface area contributed by atoms with Crippen molar-refractivity contribution >= 4 is 11.9 Å². The Hall–Kier alpha value is 0.0416. The Labute approximate surface area is 164 Å². The molecule has 2 fully saturated rings. The first-order chi connectivity index (χ1) is 9.89. The molecule has 0 saturated carbocycles. The number of epoxide rings is 1. The van der Waals surface area contributed by atoms with Crippen LogP contribution in [0.4, 0.5) is 0 Å². The Bertz CT molecular complexity index is 560. The minimum atomic E-state index is -0.876. The zero-order valence-corrected chi connectivity index (χ0v) is 17.3. The topological polar surface area (TPSA) is 85.4 Å². The van der Waals surface area contributed by atoms with Gasteiger partial charge in [0.1, 0.15) is 12.2 Å². The molecule has 1 N–H and O–H groups in total. The summed E-state index contributed by atoms with van der Waals surface area (Å²) in [6.07, 6.45) is 0.785. The van der Waals surface area contributed by atoms with Gasteiger partial charge in [-0.25, -0.2) is 4.79 Å². The smallest absolute Gasteiger partial charge is 0.337 e. The molecule has 1 aliphatic carbocycles. The van der Waals surface area contributed by atoms with Crippen LogP contribution in [0.25, 0.3) is 0 Å². The Balaban J connectivity index is 0.00000144. The van der Waals surface area contributed by atoms with E-state index in [-0.39, 0.29) is 79.6 Å². The van der Waals surface area contributed by atoms with Gasteiger partial charge in [0.15, 0.2) is 0 Å². The number of aliphatic hydroxyl groups excluding tert-OH is 1. The van der Waals surface area contributed by atoms with E-state index < -0.39 is 23.8 Å². The van der Waals surface area contributed by atoms with E-state index >= 15 is 0 Å². The molecule has 0 aromatic rings. The minimum absolute atomic E-state index is 0. The first-order valence-electron chi connectivity index (χ1n) is 7.38. The Morgan fingerprint density at radius 2 is 2.05 bits per heavy atom. The van der Waals surface area contributed by atoms with Gasteiger partial charge in [-0.15, -0.1) is 0 Å². The number of aliphatic hydroxyl groups is 1. The first-order valence-corrected chi connectivity index (χ1v) is 7.38. The zero-order chi connectivity index (χ0) is 14.9. The fourth-order valence-corrected chi connectivity index (χ4v) is 3.89. The number of hydrogen-bond donors (Lipinski definition) is 1. The van der Waals surface area contributed by atoms with Gasteiger partial charge in [0.05, 0.1) is 29.3 Å². The van der Waals surface area contributed by atoms with Gasteiger partial charge in [0.2, 0.25) is 0 Å². The first kappa shape index (κ1) is 16.9. The van der Waals surface area contributed by atoms with Crippen LogP contribution >= 0.6 is 0 Å². The third-order valence-electron chi connectivity index (χ3n) is 5.29. The summed E-state index contributed by atoms with van der Waals surface area (Å²) in [7, 11) is 0. The van der Waals surface area contributed by atoms with Gasteiger partial charge < -0.3 is 19.3 Å². The summed E-state index contributed by atoms with van der Waals surface area (Å²) in [6, 6.07) is 0. The van der Waals surface area contributed by atoms with Crippen molar-refractivity contribution in [3.8, 4) is 0 Å². The van der Waals surface area contributed by atoms with E-state index in [9.17, 15) is 14.7 Å². The molecule has 0 spiro atoms. The van der Waals surface area contributed by atoms with E-state index in [1.54, 1.807) is 13.0 Å². The van der Waals surface area contributed by atoms with Crippen molar-refractivity contribution in [2.75, 3.05) is 0 Å². The summed E-state index contributed by atoms with van der Waals surface area (Å²) in [5, 5.41) is 10.2. The maximum absolute atomic E-state index is 12.0. The summed E-state index contributed by atoms with van der Waals surface area (Å²) < 4.78 is 16.6. The Morgan fingerprint density at radius 1 is 1.32 bits per heavy atom. The average Bonchev–Trinajstić information content (AvgIpc) is 2.73. The van der Waals surface area contributed by atoms with Crippen LogP contribution in [0.3, 0.4) is 0 Å². The number of carbonyl (C=O) groups is 2. The molecule has 2 saturated heterocycles. The maximum atomic E-state index is 12.0. The van der Waals surface area contributed by atoms with E-state index in [0.717, 1.165) is 0 Å². The van der Waals surface area contributed by atoms with Crippen molar-refractivity contribution < 1.29 is 73.0 Å². The van der Waals surface area contributed by atoms with Crippen molar-refractivity contribution in [2.45, 2.75) is 56.7 Å². The second-order valence-electron chi connectivity index (χ2n) is 6.71. The van der Waals surface area contributed by atoms with E-state index in [0.29, 0.717) is 12.8 Å². The van der Waals surface area contributed by atoms with Crippen LogP contribution in [-0.2, 0) is 23.8 Å². The molecule has 3 aliphatic heterocycles. The van der Waals surface area contributed by atoms with Crippen molar-refractivity contribution in [3.05, 3.63) is 11.6 Å². The van der Waals surface area contributed by atoms with Gasteiger partial charge in [-0.1, -0.05) is 6.92 Å². The van der Waals surface area contributed by atoms with Crippen LogP contribution < -0.4 is 0 Å². The number of ether oxygens (including phenoxy) is 3. The van der Waals surface area contributed by atoms with Gasteiger partial charge >= 0.3 is 11.9 Å². The molecule has 0 amide bonds. The number of fused-ring (bicyclic) bond motifs is 4. The molecule has 6 nitrogen and oxygen atoms in total. The zero-order valence-electron chi connectivity index (χ0n) is 12.5. The monoisotopic (exact) mass is 521 g/mol. The van der Waals surface area contributed by atoms with Crippen LogP contribution in [0.15, 0.2) is 11.6 Å². The molecular formula is C15H18AcO6. The normalized spacial score (nSPS) is 49.1. The molecule has 5 unspecified atom stereocenters.